The molecule has 1 aliphatic rings. The molecule has 0 fully saturated rings. The second kappa shape index (κ2) is 5.61. The first-order valence-electron chi connectivity index (χ1n) is 4.34. The number of hydrogen-bond donors (Lipinski definition) is 0. The maximum atomic E-state index is 5.27. The van der Waals surface area contributed by atoms with Crippen LogP contribution in [0.3, 0.4) is 0 Å². The van der Waals surface area contributed by atoms with Crippen LogP contribution in [0.5, 0.6) is 11.5 Å². The van der Waals surface area contributed by atoms with E-state index in [-0.39, 0.29) is 29.6 Å². The number of benzene rings is 1. The van der Waals surface area contributed by atoms with E-state index in [4.69, 9.17) is 9.47 Å². The van der Waals surface area contributed by atoms with Gasteiger partial charge in [0.1, 0.15) is 0 Å². The van der Waals surface area contributed by atoms with Gasteiger partial charge in [0.2, 0.25) is 6.79 Å². The summed E-state index contributed by atoms with van der Waals surface area (Å²) in [6.07, 6.45) is 0.965. The molecule has 0 amide bonds. The van der Waals surface area contributed by atoms with Crippen molar-refractivity contribution in [2.75, 3.05) is 20.4 Å². The van der Waals surface area contributed by atoms with E-state index in [1.807, 2.05) is 19.2 Å². The van der Waals surface area contributed by atoms with Crippen LogP contribution in [0.1, 0.15) is 5.56 Å². The minimum absolute atomic E-state index is 0. The SMILES string of the molecule is C[N-]CCc1ccc2c(c1)OCO2.[Na+]. The molecule has 0 aromatic heterocycles. The van der Waals surface area contributed by atoms with Gasteiger partial charge >= 0.3 is 29.6 Å². The van der Waals surface area contributed by atoms with Crippen molar-refractivity contribution in [2.45, 2.75) is 6.42 Å². The van der Waals surface area contributed by atoms with Crippen LogP contribution in [0.4, 0.5) is 0 Å². The van der Waals surface area contributed by atoms with Gasteiger partial charge in [0.15, 0.2) is 11.5 Å². The van der Waals surface area contributed by atoms with E-state index in [1.54, 1.807) is 0 Å². The summed E-state index contributed by atoms with van der Waals surface area (Å²) < 4.78 is 10.5. The van der Waals surface area contributed by atoms with Crippen LogP contribution in [-0.2, 0) is 6.42 Å². The Hall–Kier alpha value is -0.220. The quantitative estimate of drug-likeness (QED) is 0.585. The second-order valence-electron chi connectivity index (χ2n) is 2.98. The minimum atomic E-state index is 0. The maximum Gasteiger partial charge on any atom is 1.00 e. The zero-order valence-corrected chi connectivity index (χ0v) is 10.6. The maximum absolute atomic E-state index is 5.27. The number of fused-ring (bicyclic) bond motifs is 1. The summed E-state index contributed by atoms with van der Waals surface area (Å²) in [5, 5.41) is 4.05. The van der Waals surface area contributed by atoms with Gasteiger partial charge < -0.3 is 14.8 Å². The monoisotopic (exact) mass is 201 g/mol. The second-order valence-corrected chi connectivity index (χ2v) is 2.98. The average molecular weight is 201 g/mol. The first-order valence-corrected chi connectivity index (χ1v) is 4.34. The molecule has 2 rings (SSSR count). The fourth-order valence-corrected chi connectivity index (χ4v) is 1.34. The summed E-state index contributed by atoms with van der Waals surface area (Å²) in [5.41, 5.74) is 1.25. The van der Waals surface area contributed by atoms with E-state index in [2.05, 4.69) is 11.4 Å². The van der Waals surface area contributed by atoms with Crippen molar-refractivity contribution in [3.05, 3.63) is 29.1 Å². The van der Waals surface area contributed by atoms with E-state index in [9.17, 15) is 0 Å². The third-order valence-corrected chi connectivity index (χ3v) is 2.06. The summed E-state index contributed by atoms with van der Waals surface area (Å²) in [6.45, 7) is 1.20. The molecule has 0 unspecified atom stereocenters. The van der Waals surface area contributed by atoms with Gasteiger partial charge in [-0.25, -0.2) is 0 Å². The van der Waals surface area contributed by atoms with Crippen molar-refractivity contribution in [2.24, 2.45) is 0 Å². The van der Waals surface area contributed by atoms with Gasteiger partial charge in [0.05, 0.1) is 0 Å². The van der Waals surface area contributed by atoms with Crippen molar-refractivity contribution in [3.63, 3.8) is 0 Å². The largest absolute Gasteiger partial charge is 1.00 e. The Morgan fingerprint density at radius 3 is 2.86 bits per heavy atom. The van der Waals surface area contributed by atoms with Crippen molar-refractivity contribution < 1.29 is 39.0 Å². The van der Waals surface area contributed by atoms with E-state index in [0.717, 1.165) is 24.5 Å². The normalized spacial score (nSPS) is 12.4. The number of hydrogen-bond acceptors (Lipinski definition) is 2. The third-order valence-electron chi connectivity index (χ3n) is 2.06. The van der Waals surface area contributed by atoms with Gasteiger partial charge in [-0.3, -0.25) is 0 Å². The van der Waals surface area contributed by atoms with Crippen LogP contribution >= 0.6 is 0 Å². The summed E-state index contributed by atoms with van der Waals surface area (Å²) >= 11 is 0. The molecule has 0 saturated carbocycles. The fraction of sp³-hybridized carbons (Fsp3) is 0.400. The van der Waals surface area contributed by atoms with Crippen LogP contribution in [0.15, 0.2) is 18.2 Å². The summed E-state index contributed by atoms with van der Waals surface area (Å²) in [4.78, 5) is 0. The molecule has 1 aromatic carbocycles. The Bertz CT molecular complexity index is 304. The molecule has 0 aliphatic carbocycles. The molecule has 0 radical (unpaired) electrons. The Morgan fingerprint density at radius 1 is 1.29 bits per heavy atom. The Kier molecular flexibility index (Phi) is 4.75. The fourth-order valence-electron chi connectivity index (χ4n) is 1.34. The molecular weight excluding hydrogens is 189 g/mol. The molecule has 0 spiro atoms. The van der Waals surface area contributed by atoms with Crippen molar-refractivity contribution >= 4 is 0 Å². The first-order chi connectivity index (χ1) is 6.40. The molecule has 1 aromatic rings. The smallest absolute Gasteiger partial charge is 0.665 e. The molecule has 1 aliphatic heterocycles. The van der Waals surface area contributed by atoms with Crippen molar-refractivity contribution in [1.82, 2.24) is 0 Å². The third kappa shape index (κ3) is 2.64. The van der Waals surface area contributed by atoms with Gasteiger partial charge in [-0.1, -0.05) is 6.07 Å². The molecule has 0 saturated heterocycles. The number of rotatable bonds is 3. The molecule has 3 nitrogen and oxygen atoms in total. The molecule has 70 valence electrons. The molecule has 0 bridgehead atoms. The molecule has 1 heterocycles. The first kappa shape index (κ1) is 11.9. The number of nitrogens with zero attached hydrogens (tertiary/aromatic N) is 1. The Labute approximate surface area is 106 Å². The van der Waals surface area contributed by atoms with E-state index in [0.29, 0.717) is 6.79 Å². The molecule has 4 heteroatoms. The summed E-state index contributed by atoms with van der Waals surface area (Å²) in [7, 11) is 1.83. The van der Waals surface area contributed by atoms with E-state index in [1.165, 1.54) is 5.56 Å². The standard InChI is InChI=1S/C10H12NO2.Na/c1-11-5-4-8-2-3-9-10(6-8)13-7-12-9;/h2-3,6H,4-5,7H2,1H3;/q-1;+1. The van der Waals surface area contributed by atoms with Crippen LogP contribution in [0.2, 0.25) is 0 Å². The molecule has 14 heavy (non-hydrogen) atoms. The molecular formula is C10H12NNaO2. The summed E-state index contributed by atoms with van der Waals surface area (Å²) in [6, 6.07) is 6.03. The van der Waals surface area contributed by atoms with Gasteiger partial charge in [-0.2, -0.15) is 7.05 Å². The van der Waals surface area contributed by atoms with Crippen LogP contribution < -0.4 is 39.0 Å². The van der Waals surface area contributed by atoms with Crippen molar-refractivity contribution in [3.8, 4) is 11.5 Å². The van der Waals surface area contributed by atoms with Crippen LogP contribution in [0.25, 0.3) is 5.32 Å². The number of likely N-dealkylation sites (N-methyl/N-ethyl adjacent to an activating group) is 1. The van der Waals surface area contributed by atoms with Crippen LogP contribution in [-0.4, -0.2) is 20.4 Å². The van der Waals surface area contributed by atoms with Gasteiger partial charge in [0.25, 0.3) is 0 Å². The molecule has 0 atom stereocenters. The Balaban J connectivity index is 0.000000980. The van der Waals surface area contributed by atoms with E-state index >= 15 is 0 Å². The number of ether oxygens (including phenoxy) is 2. The average Bonchev–Trinajstić information content (AvgIpc) is 2.61. The van der Waals surface area contributed by atoms with Gasteiger partial charge in [-0.15, -0.1) is 6.54 Å². The van der Waals surface area contributed by atoms with Gasteiger partial charge in [-0.05, 0) is 24.1 Å². The molecule has 0 N–H and O–H groups in total. The summed E-state index contributed by atoms with van der Waals surface area (Å²) in [5.74, 6) is 1.70. The van der Waals surface area contributed by atoms with E-state index < -0.39 is 0 Å². The topological polar surface area (TPSA) is 32.6 Å². The van der Waals surface area contributed by atoms with Crippen LogP contribution in [0, 0.1) is 0 Å². The predicted octanol–water partition coefficient (Wildman–Crippen LogP) is -1.03. The predicted molar refractivity (Wildman–Crippen MR) is 50.4 cm³/mol. The Morgan fingerprint density at radius 2 is 2.07 bits per heavy atom. The van der Waals surface area contributed by atoms with Gasteiger partial charge in [0, 0.05) is 0 Å². The zero-order chi connectivity index (χ0) is 9.10. The minimum Gasteiger partial charge on any atom is -0.665 e. The van der Waals surface area contributed by atoms with Crippen molar-refractivity contribution in [1.29, 1.82) is 0 Å². The zero-order valence-electron chi connectivity index (χ0n) is 8.62.